The number of nitrogens with zero attached hydrogens (tertiary/aromatic N) is 2. The number of amides is 1. The van der Waals surface area contributed by atoms with Crippen LogP contribution < -0.4 is 5.73 Å². The lowest BCUT2D eigenvalue weighted by atomic mass is 9.90. The Morgan fingerprint density at radius 1 is 1.29 bits per heavy atom. The average Bonchev–Trinajstić information content (AvgIpc) is 2.95. The summed E-state index contributed by atoms with van der Waals surface area (Å²) in [7, 11) is 0. The van der Waals surface area contributed by atoms with E-state index in [1.54, 1.807) is 5.38 Å². The Morgan fingerprint density at radius 3 is 2.62 bits per heavy atom. The van der Waals surface area contributed by atoms with Crippen molar-refractivity contribution in [3.8, 4) is 0 Å². The average molecular weight is 301 g/mol. The molecule has 0 radical (unpaired) electrons. The van der Waals surface area contributed by atoms with E-state index in [1.165, 1.54) is 16.9 Å². The van der Waals surface area contributed by atoms with Gasteiger partial charge in [0.2, 0.25) is 0 Å². The van der Waals surface area contributed by atoms with Crippen LogP contribution in [0.1, 0.15) is 28.9 Å². The van der Waals surface area contributed by atoms with Gasteiger partial charge in [-0.25, -0.2) is 4.98 Å². The van der Waals surface area contributed by atoms with E-state index in [1.807, 2.05) is 11.0 Å². The van der Waals surface area contributed by atoms with E-state index < -0.39 is 0 Å². The predicted octanol–water partition coefficient (Wildman–Crippen LogP) is 2.82. The molecule has 0 spiro atoms. The minimum absolute atomic E-state index is 0.0149. The van der Waals surface area contributed by atoms with Crippen molar-refractivity contribution in [1.82, 2.24) is 9.88 Å². The van der Waals surface area contributed by atoms with Crippen LogP contribution in [0, 0.1) is 5.92 Å². The number of hydrogen-bond donors (Lipinski definition) is 1. The normalized spacial score (nSPS) is 16.1. The monoisotopic (exact) mass is 301 g/mol. The number of nitrogen functional groups attached to an aromatic ring is 1. The van der Waals surface area contributed by atoms with Crippen molar-refractivity contribution >= 4 is 22.4 Å². The zero-order valence-corrected chi connectivity index (χ0v) is 12.7. The lowest BCUT2D eigenvalue weighted by Gasteiger charge is -2.31. The second-order valence-corrected chi connectivity index (χ2v) is 6.39. The molecule has 0 saturated carbocycles. The molecule has 3 rings (SSSR count). The topological polar surface area (TPSA) is 59.2 Å². The van der Waals surface area contributed by atoms with Gasteiger partial charge in [-0.3, -0.25) is 4.79 Å². The third-order valence-electron chi connectivity index (χ3n) is 4.01. The first-order valence-electron chi connectivity index (χ1n) is 7.26. The van der Waals surface area contributed by atoms with Gasteiger partial charge < -0.3 is 10.6 Å². The summed E-state index contributed by atoms with van der Waals surface area (Å²) in [5.41, 5.74) is 7.46. The molecule has 5 heteroatoms. The minimum Gasteiger partial charge on any atom is -0.375 e. The van der Waals surface area contributed by atoms with E-state index in [2.05, 4.69) is 29.2 Å². The predicted molar refractivity (Wildman–Crippen MR) is 85.3 cm³/mol. The first-order chi connectivity index (χ1) is 10.2. The lowest BCUT2D eigenvalue weighted by Crippen LogP contribution is -2.39. The van der Waals surface area contributed by atoms with Crippen molar-refractivity contribution in [3.63, 3.8) is 0 Å². The molecule has 1 fully saturated rings. The fourth-order valence-electron chi connectivity index (χ4n) is 2.84. The van der Waals surface area contributed by atoms with Gasteiger partial charge in [-0.2, -0.15) is 0 Å². The van der Waals surface area contributed by atoms with Crippen LogP contribution in [0.3, 0.4) is 0 Å². The Bertz CT molecular complexity index is 603. The summed E-state index contributed by atoms with van der Waals surface area (Å²) in [6.07, 6.45) is 3.22. The third-order valence-corrected chi connectivity index (χ3v) is 4.68. The molecule has 1 aromatic carbocycles. The molecular weight excluding hydrogens is 282 g/mol. The Morgan fingerprint density at radius 2 is 2.00 bits per heavy atom. The zero-order valence-electron chi connectivity index (χ0n) is 11.9. The Labute approximate surface area is 128 Å². The van der Waals surface area contributed by atoms with E-state index >= 15 is 0 Å². The highest BCUT2D eigenvalue weighted by atomic mass is 32.1. The van der Waals surface area contributed by atoms with Gasteiger partial charge in [-0.05, 0) is 30.7 Å². The molecular formula is C16H19N3OS. The molecule has 1 aromatic heterocycles. The van der Waals surface area contributed by atoms with E-state index in [4.69, 9.17) is 5.73 Å². The van der Waals surface area contributed by atoms with Crippen LogP contribution in [0.25, 0.3) is 0 Å². The van der Waals surface area contributed by atoms with Crippen molar-refractivity contribution in [2.75, 3.05) is 18.8 Å². The second-order valence-electron chi connectivity index (χ2n) is 5.50. The summed E-state index contributed by atoms with van der Waals surface area (Å²) >= 11 is 1.32. The van der Waals surface area contributed by atoms with Gasteiger partial charge in [0.1, 0.15) is 5.69 Å². The number of piperidine rings is 1. The number of nitrogens with two attached hydrogens (primary N) is 1. The summed E-state index contributed by atoms with van der Waals surface area (Å²) in [6, 6.07) is 10.6. The first kappa shape index (κ1) is 14.1. The van der Waals surface area contributed by atoms with Crippen LogP contribution in [-0.2, 0) is 6.42 Å². The van der Waals surface area contributed by atoms with Crippen LogP contribution in [0.4, 0.5) is 5.13 Å². The maximum atomic E-state index is 12.3. The van der Waals surface area contributed by atoms with Crippen molar-refractivity contribution in [2.24, 2.45) is 5.92 Å². The molecule has 1 saturated heterocycles. The molecule has 4 nitrogen and oxygen atoms in total. The SMILES string of the molecule is Nc1nc(C(=O)N2CCC(Cc3ccccc3)CC2)cs1. The van der Waals surface area contributed by atoms with Gasteiger partial charge in [-0.1, -0.05) is 30.3 Å². The third kappa shape index (κ3) is 3.42. The number of likely N-dealkylation sites (tertiary alicyclic amines) is 1. The van der Waals surface area contributed by atoms with Crippen molar-refractivity contribution in [3.05, 3.63) is 47.0 Å². The van der Waals surface area contributed by atoms with Gasteiger partial charge in [-0.15, -0.1) is 11.3 Å². The van der Waals surface area contributed by atoms with Crippen LogP contribution in [0.15, 0.2) is 35.7 Å². The summed E-state index contributed by atoms with van der Waals surface area (Å²) in [6.45, 7) is 1.63. The van der Waals surface area contributed by atoms with E-state index in [9.17, 15) is 4.79 Å². The fourth-order valence-corrected chi connectivity index (χ4v) is 3.37. The van der Waals surface area contributed by atoms with Gasteiger partial charge in [0, 0.05) is 18.5 Å². The molecule has 0 unspecified atom stereocenters. The van der Waals surface area contributed by atoms with Crippen LogP contribution in [-0.4, -0.2) is 28.9 Å². The highest BCUT2D eigenvalue weighted by Crippen LogP contribution is 2.23. The number of hydrogen-bond acceptors (Lipinski definition) is 4. The van der Waals surface area contributed by atoms with Gasteiger partial charge >= 0.3 is 0 Å². The van der Waals surface area contributed by atoms with E-state index in [0.717, 1.165) is 32.4 Å². The highest BCUT2D eigenvalue weighted by molar-refractivity contribution is 7.13. The molecule has 0 bridgehead atoms. The van der Waals surface area contributed by atoms with Gasteiger partial charge in [0.25, 0.3) is 5.91 Å². The standard InChI is InChI=1S/C16H19N3OS/c17-16-18-14(11-21-16)15(20)19-8-6-13(7-9-19)10-12-4-2-1-3-5-12/h1-5,11,13H,6-10H2,(H2,17,18). The van der Waals surface area contributed by atoms with Crippen molar-refractivity contribution < 1.29 is 4.79 Å². The molecule has 1 aliphatic heterocycles. The van der Waals surface area contributed by atoms with E-state index in [-0.39, 0.29) is 5.91 Å². The Kier molecular flexibility index (Phi) is 4.20. The minimum atomic E-state index is 0.0149. The van der Waals surface area contributed by atoms with Crippen molar-refractivity contribution in [1.29, 1.82) is 0 Å². The van der Waals surface area contributed by atoms with Crippen LogP contribution >= 0.6 is 11.3 Å². The molecule has 2 N–H and O–H groups in total. The molecule has 0 aliphatic carbocycles. The molecule has 1 aliphatic rings. The molecule has 0 atom stereocenters. The van der Waals surface area contributed by atoms with Crippen LogP contribution in [0.5, 0.6) is 0 Å². The molecule has 110 valence electrons. The number of carbonyl (C=O) groups is 1. The fraction of sp³-hybridized carbons (Fsp3) is 0.375. The molecule has 21 heavy (non-hydrogen) atoms. The Hall–Kier alpha value is -1.88. The number of aromatic nitrogens is 1. The number of thiazole rings is 1. The maximum absolute atomic E-state index is 12.3. The molecule has 1 amide bonds. The molecule has 2 heterocycles. The first-order valence-corrected chi connectivity index (χ1v) is 8.14. The van der Waals surface area contributed by atoms with E-state index in [0.29, 0.717) is 16.7 Å². The molecule has 2 aromatic rings. The largest absolute Gasteiger partial charge is 0.375 e. The lowest BCUT2D eigenvalue weighted by molar-refractivity contribution is 0.0685. The smallest absolute Gasteiger partial charge is 0.273 e. The van der Waals surface area contributed by atoms with Gasteiger partial charge in [0.05, 0.1) is 0 Å². The summed E-state index contributed by atoms with van der Waals surface area (Å²) in [5.74, 6) is 0.679. The number of rotatable bonds is 3. The maximum Gasteiger partial charge on any atom is 0.273 e. The number of anilines is 1. The number of benzene rings is 1. The second kappa shape index (κ2) is 6.26. The Balaban J connectivity index is 1.54. The summed E-state index contributed by atoms with van der Waals surface area (Å²) < 4.78 is 0. The van der Waals surface area contributed by atoms with Crippen LogP contribution in [0.2, 0.25) is 0 Å². The quantitative estimate of drug-likeness (QED) is 0.948. The van der Waals surface area contributed by atoms with Crippen molar-refractivity contribution in [2.45, 2.75) is 19.3 Å². The highest BCUT2D eigenvalue weighted by Gasteiger charge is 2.24. The number of carbonyl (C=O) groups excluding carboxylic acids is 1. The summed E-state index contributed by atoms with van der Waals surface area (Å²) in [5, 5.41) is 2.20. The zero-order chi connectivity index (χ0) is 14.7. The summed E-state index contributed by atoms with van der Waals surface area (Å²) in [4.78, 5) is 18.3. The van der Waals surface area contributed by atoms with Gasteiger partial charge in [0.15, 0.2) is 5.13 Å².